The molecule has 0 saturated carbocycles. The second kappa shape index (κ2) is 7.08. The number of aryl methyl sites for hydroxylation is 2. The third-order valence-corrected chi connectivity index (χ3v) is 5.54. The number of rotatable bonds is 4. The standard InChI is InChI=1S/C24H16ClN3O3/c1-13-3-5-16(10-17(13)23(29)30)31-24-26-20-11-18(19(25)12-21(20)27-24)14-4-6-22-15(9-14)7-8-28(22)2/h3-6,9-12H,1-2H3,(H,26,27)(H,29,30). The van der Waals surface area contributed by atoms with E-state index in [1.165, 1.54) is 6.07 Å². The van der Waals surface area contributed by atoms with Crippen molar-refractivity contribution in [1.82, 2.24) is 14.5 Å². The van der Waals surface area contributed by atoms with Gasteiger partial charge < -0.3 is 19.4 Å². The van der Waals surface area contributed by atoms with Crippen LogP contribution in [0.5, 0.6) is 11.8 Å². The van der Waals surface area contributed by atoms with Crippen LogP contribution in [-0.2, 0) is 7.05 Å². The van der Waals surface area contributed by atoms with E-state index in [1.54, 1.807) is 25.1 Å². The minimum Gasteiger partial charge on any atom is -0.478 e. The number of carboxylic acid groups (broad SMARTS) is 1. The van der Waals surface area contributed by atoms with Crippen molar-refractivity contribution in [2.75, 3.05) is 0 Å². The summed E-state index contributed by atoms with van der Waals surface area (Å²) >= 11 is 6.56. The number of benzene rings is 3. The lowest BCUT2D eigenvalue weighted by atomic mass is 10.0. The molecule has 0 aliphatic rings. The predicted octanol–water partition coefficient (Wildman–Crippen LogP) is 5.77. The fraction of sp³-hybridized carbons (Fsp3) is 0.0833. The molecule has 0 radical (unpaired) electrons. The highest BCUT2D eigenvalue weighted by Crippen LogP contribution is 2.34. The molecular weight excluding hydrogens is 414 g/mol. The smallest absolute Gasteiger partial charge is 0.336 e. The minimum atomic E-state index is -1.01. The molecule has 31 heavy (non-hydrogen) atoms. The first-order valence-corrected chi connectivity index (χ1v) is 9.88. The summed E-state index contributed by atoms with van der Waals surface area (Å²) in [5.41, 5.74) is 5.07. The predicted molar refractivity (Wildman–Crippen MR) is 119 cm³/mol. The number of carbonyl (C=O) groups is 1. The van der Waals surface area contributed by atoms with Gasteiger partial charge in [0, 0.05) is 18.8 Å². The molecule has 7 heteroatoms. The second-order valence-corrected chi connectivity index (χ2v) is 7.71. The number of nitrogens with zero attached hydrogens (tertiary/aromatic N) is 2. The number of aromatic nitrogens is 3. The molecule has 0 saturated heterocycles. The van der Waals surface area contributed by atoms with Crippen LogP contribution in [0.25, 0.3) is 33.1 Å². The van der Waals surface area contributed by atoms with E-state index in [-0.39, 0.29) is 11.6 Å². The van der Waals surface area contributed by atoms with Crippen molar-refractivity contribution in [2.45, 2.75) is 6.92 Å². The van der Waals surface area contributed by atoms with Gasteiger partial charge in [-0.3, -0.25) is 0 Å². The Bertz CT molecular complexity index is 1480. The highest BCUT2D eigenvalue weighted by Gasteiger charge is 2.13. The van der Waals surface area contributed by atoms with Gasteiger partial charge in [-0.15, -0.1) is 0 Å². The molecule has 2 N–H and O–H groups in total. The number of nitrogens with one attached hydrogen (secondary N) is 1. The first-order valence-electron chi connectivity index (χ1n) is 9.50. The Hall–Kier alpha value is -3.95. The number of aromatic amines is 1. The summed E-state index contributed by atoms with van der Waals surface area (Å²) in [4.78, 5) is 18.9. The molecule has 0 amide bonds. The fourth-order valence-electron chi connectivity index (χ4n) is 3.58. The zero-order valence-corrected chi connectivity index (χ0v) is 17.4. The van der Waals surface area contributed by atoms with Crippen LogP contribution < -0.4 is 4.74 Å². The van der Waals surface area contributed by atoms with Gasteiger partial charge in [0.2, 0.25) is 0 Å². The van der Waals surface area contributed by atoms with Gasteiger partial charge in [0.15, 0.2) is 0 Å². The molecule has 152 valence electrons. The number of H-pyrrole nitrogens is 1. The average Bonchev–Trinajstić information content (AvgIpc) is 3.30. The molecule has 0 aliphatic carbocycles. The SMILES string of the molecule is Cc1ccc(Oc2nc3cc(-c4ccc5c(c#cn5C)c4)c(Cl)cc3[nH]2)cc1C(=O)O. The Morgan fingerprint density at radius 2 is 2.03 bits per heavy atom. The number of hydrogen-bond donors (Lipinski definition) is 2. The fourth-order valence-corrected chi connectivity index (χ4v) is 3.86. The van der Waals surface area contributed by atoms with Gasteiger partial charge in [-0.1, -0.05) is 23.7 Å². The maximum atomic E-state index is 11.4. The summed E-state index contributed by atoms with van der Waals surface area (Å²) in [6.07, 6.45) is 3.03. The van der Waals surface area contributed by atoms with Crippen molar-refractivity contribution in [2.24, 2.45) is 7.05 Å². The van der Waals surface area contributed by atoms with Crippen LogP contribution in [0.2, 0.25) is 5.02 Å². The molecule has 0 fully saturated rings. The van der Waals surface area contributed by atoms with Crippen LogP contribution in [0, 0.1) is 19.2 Å². The van der Waals surface area contributed by atoms with E-state index in [0.29, 0.717) is 21.9 Å². The third kappa shape index (κ3) is 3.35. The van der Waals surface area contributed by atoms with Crippen LogP contribution in [0.1, 0.15) is 15.9 Å². The van der Waals surface area contributed by atoms with Crippen molar-refractivity contribution >= 4 is 39.5 Å². The minimum absolute atomic E-state index is 0.185. The topological polar surface area (TPSA) is 80.1 Å². The molecule has 0 unspecified atom stereocenters. The van der Waals surface area contributed by atoms with Gasteiger partial charge in [0.1, 0.15) is 5.75 Å². The summed E-state index contributed by atoms with van der Waals surface area (Å²) in [6, 6.07) is 18.0. The van der Waals surface area contributed by atoms with Gasteiger partial charge in [-0.25, -0.2) is 4.79 Å². The largest absolute Gasteiger partial charge is 0.478 e. The lowest BCUT2D eigenvalue weighted by molar-refractivity contribution is 0.0695. The van der Waals surface area contributed by atoms with Gasteiger partial charge in [0.25, 0.3) is 6.01 Å². The van der Waals surface area contributed by atoms with Crippen LogP contribution in [0.4, 0.5) is 0 Å². The summed E-state index contributed by atoms with van der Waals surface area (Å²) in [7, 11) is 1.93. The van der Waals surface area contributed by atoms with E-state index in [0.717, 1.165) is 27.5 Å². The Balaban J connectivity index is 1.52. The van der Waals surface area contributed by atoms with E-state index in [1.807, 2.05) is 35.9 Å². The number of imidazole rings is 1. The van der Waals surface area contributed by atoms with Gasteiger partial charge in [-0.2, -0.15) is 4.98 Å². The Kier molecular flexibility index (Phi) is 4.35. The number of fused-ring (bicyclic) bond motifs is 2. The molecule has 0 aliphatic heterocycles. The highest BCUT2D eigenvalue weighted by molar-refractivity contribution is 6.34. The van der Waals surface area contributed by atoms with E-state index in [2.05, 4.69) is 22.2 Å². The van der Waals surface area contributed by atoms with Crippen molar-refractivity contribution < 1.29 is 14.6 Å². The van der Waals surface area contributed by atoms with Crippen LogP contribution in [0.3, 0.4) is 0 Å². The molecule has 2 aromatic heterocycles. The van der Waals surface area contributed by atoms with Gasteiger partial charge >= 0.3 is 5.97 Å². The molecule has 6 nitrogen and oxygen atoms in total. The first kappa shape index (κ1) is 19.0. The Labute approximate surface area is 182 Å². The zero-order valence-electron chi connectivity index (χ0n) is 16.7. The van der Waals surface area contributed by atoms with Crippen LogP contribution >= 0.6 is 11.6 Å². The van der Waals surface area contributed by atoms with Crippen molar-refractivity contribution in [3.05, 3.63) is 76.9 Å². The molecule has 0 spiro atoms. The Morgan fingerprint density at radius 1 is 1.19 bits per heavy atom. The van der Waals surface area contributed by atoms with E-state index < -0.39 is 5.97 Å². The Morgan fingerprint density at radius 3 is 2.84 bits per heavy atom. The number of ether oxygens (including phenoxy) is 1. The molecule has 0 atom stereocenters. The molecule has 5 rings (SSSR count). The molecular formula is C24H16ClN3O3. The zero-order chi connectivity index (χ0) is 21.7. The normalized spacial score (nSPS) is 11.1. The summed E-state index contributed by atoms with van der Waals surface area (Å²) in [6.45, 7) is 1.74. The number of aromatic carboxylic acids is 1. The summed E-state index contributed by atoms with van der Waals surface area (Å²) < 4.78 is 7.66. The second-order valence-electron chi connectivity index (χ2n) is 7.30. The monoisotopic (exact) mass is 429 g/mol. The van der Waals surface area contributed by atoms with Crippen LogP contribution in [-0.4, -0.2) is 25.6 Å². The van der Waals surface area contributed by atoms with Crippen molar-refractivity contribution in [3.63, 3.8) is 0 Å². The first-order chi connectivity index (χ1) is 14.9. The maximum absolute atomic E-state index is 11.4. The van der Waals surface area contributed by atoms with E-state index >= 15 is 0 Å². The van der Waals surface area contributed by atoms with Crippen molar-refractivity contribution in [3.8, 4) is 22.9 Å². The molecule has 3 aromatic carbocycles. The lowest BCUT2D eigenvalue weighted by Gasteiger charge is -2.05. The number of hydrogen-bond acceptors (Lipinski definition) is 3. The average molecular weight is 430 g/mol. The summed E-state index contributed by atoms with van der Waals surface area (Å²) in [5, 5.41) is 10.8. The molecule has 5 aromatic rings. The summed E-state index contributed by atoms with van der Waals surface area (Å²) in [5.74, 6) is -0.621. The quantitative estimate of drug-likeness (QED) is 0.380. The van der Waals surface area contributed by atoms with Crippen LogP contribution in [0.15, 0.2) is 48.5 Å². The highest BCUT2D eigenvalue weighted by atomic mass is 35.5. The number of halogens is 1. The maximum Gasteiger partial charge on any atom is 0.336 e. The van der Waals surface area contributed by atoms with Gasteiger partial charge in [0.05, 0.1) is 32.5 Å². The van der Waals surface area contributed by atoms with E-state index in [9.17, 15) is 9.90 Å². The van der Waals surface area contributed by atoms with E-state index in [4.69, 9.17) is 16.3 Å². The molecule has 2 heterocycles. The lowest BCUT2D eigenvalue weighted by Crippen LogP contribution is -2.00. The van der Waals surface area contributed by atoms with Gasteiger partial charge in [-0.05, 0) is 60.5 Å². The third-order valence-electron chi connectivity index (χ3n) is 5.23. The number of carboxylic acids is 1. The molecule has 0 bridgehead atoms. The van der Waals surface area contributed by atoms with Crippen molar-refractivity contribution in [1.29, 1.82) is 0 Å².